The molecule has 202 valence electrons. The van der Waals surface area contributed by atoms with Gasteiger partial charge in [0.1, 0.15) is 17.5 Å². The molecule has 3 N–H and O–H groups in total. The van der Waals surface area contributed by atoms with Crippen molar-refractivity contribution in [1.29, 1.82) is 0 Å². The van der Waals surface area contributed by atoms with Crippen LogP contribution < -0.4 is 11.1 Å². The Morgan fingerprint density at radius 3 is 2.49 bits per heavy atom. The van der Waals surface area contributed by atoms with Crippen molar-refractivity contribution in [2.75, 3.05) is 0 Å². The predicted octanol–water partition coefficient (Wildman–Crippen LogP) is 9.22. The number of aryl methyl sites for hydroxylation is 3. The van der Waals surface area contributed by atoms with Crippen LogP contribution in [-0.4, -0.2) is 5.84 Å². The fourth-order valence-corrected chi connectivity index (χ4v) is 6.23. The first-order valence-electron chi connectivity index (χ1n) is 13.6. The third-order valence-corrected chi connectivity index (χ3v) is 8.22. The summed E-state index contributed by atoms with van der Waals surface area (Å²) < 4.78 is 7.35. The minimum absolute atomic E-state index is 0.332. The van der Waals surface area contributed by atoms with Crippen molar-refractivity contribution < 1.29 is 4.42 Å². The maximum absolute atomic E-state index is 6.64. The Morgan fingerprint density at radius 2 is 1.72 bits per heavy atom. The first-order chi connectivity index (χ1) is 18.9. The zero-order valence-corrected chi connectivity index (χ0v) is 24.9. The fraction of sp³-hybridized carbons (Fsp3) is 0.265. The summed E-state index contributed by atoms with van der Waals surface area (Å²) in [4.78, 5) is 6.22. The average Bonchev–Trinajstić information content (AvgIpc) is 3.44. The monoisotopic (exact) mass is 537 g/mol. The molecular formula is C34H39N3OS. The summed E-state index contributed by atoms with van der Waals surface area (Å²) in [6, 6.07) is 23.0. The lowest BCUT2D eigenvalue weighted by Crippen LogP contribution is -2.32. The van der Waals surface area contributed by atoms with Gasteiger partial charge in [0.05, 0.1) is 12.4 Å². The molecule has 0 fully saturated rings. The highest BCUT2D eigenvalue weighted by molar-refractivity contribution is 7.19. The van der Waals surface area contributed by atoms with Crippen LogP contribution in [0.1, 0.15) is 72.3 Å². The summed E-state index contributed by atoms with van der Waals surface area (Å²) in [7, 11) is 0. The zero-order chi connectivity index (χ0) is 28.1. The lowest BCUT2D eigenvalue weighted by molar-refractivity contribution is 0.577. The summed E-state index contributed by atoms with van der Waals surface area (Å²) in [5.41, 5.74) is 14.6. The van der Waals surface area contributed by atoms with Gasteiger partial charge in [-0.1, -0.05) is 74.5 Å². The number of rotatable bonds is 6. The van der Waals surface area contributed by atoms with E-state index in [9.17, 15) is 0 Å². The number of furan rings is 1. The number of aliphatic imine (C=N–C) groups is 1. The first-order valence-corrected chi connectivity index (χ1v) is 14.5. The predicted molar refractivity (Wildman–Crippen MR) is 170 cm³/mol. The van der Waals surface area contributed by atoms with Gasteiger partial charge in [-0.05, 0) is 74.6 Å². The van der Waals surface area contributed by atoms with E-state index in [-0.39, 0.29) is 6.17 Å². The van der Waals surface area contributed by atoms with Crippen LogP contribution in [0.5, 0.6) is 0 Å². The van der Waals surface area contributed by atoms with Crippen molar-refractivity contribution in [3.05, 3.63) is 111 Å². The molecule has 5 rings (SSSR count). The molecule has 0 saturated heterocycles. The largest absolute Gasteiger partial charge is 0.461 e. The summed E-state index contributed by atoms with van der Waals surface area (Å²) in [6.45, 7) is 15.0. The highest BCUT2D eigenvalue weighted by Crippen LogP contribution is 2.36. The van der Waals surface area contributed by atoms with Crippen LogP contribution in [0.25, 0.3) is 26.6 Å². The van der Waals surface area contributed by atoms with Crippen LogP contribution in [-0.2, 0) is 6.54 Å². The summed E-state index contributed by atoms with van der Waals surface area (Å²) in [5.74, 6) is 1.74. The number of benzene rings is 3. The van der Waals surface area contributed by atoms with Gasteiger partial charge >= 0.3 is 0 Å². The average molecular weight is 538 g/mol. The van der Waals surface area contributed by atoms with E-state index in [2.05, 4.69) is 86.8 Å². The van der Waals surface area contributed by atoms with Crippen LogP contribution in [0.2, 0.25) is 0 Å². The van der Waals surface area contributed by atoms with Crippen molar-refractivity contribution in [1.82, 2.24) is 5.32 Å². The van der Waals surface area contributed by atoms with E-state index in [0.29, 0.717) is 6.54 Å². The molecule has 1 unspecified atom stereocenters. The van der Waals surface area contributed by atoms with Crippen LogP contribution in [0.3, 0.4) is 0 Å². The fourth-order valence-electron chi connectivity index (χ4n) is 5.12. The Hall–Kier alpha value is -3.67. The minimum Gasteiger partial charge on any atom is -0.461 e. The maximum atomic E-state index is 6.64. The topological polar surface area (TPSA) is 63.5 Å². The molecule has 2 aromatic heterocycles. The standard InChI is InChI=1S/C32H33N3OS.C2H6/c1-6-24(31-20(3)36-28-16-10-9-14-26(28)31)25-13-8-7-12-23(25)18-34-22(5)35-32(33)27-15-11-17-29-30(27)19(2)21(4)37-29;1-2/h6-17,32H,18,33H2,1-5H3,(H,34,35);1-2H3/b24-6-;. The molecule has 5 heteroatoms. The van der Waals surface area contributed by atoms with Crippen molar-refractivity contribution in [3.63, 3.8) is 0 Å². The van der Waals surface area contributed by atoms with Gasteiger partial charge < -0.3 is 15.5 Å². The van der Waals surface area contributed by atoms with E-state index in [0.717, 1.165) is 50.4 Å². The quantitative estimate of drug-likeness (QED) is 0.129. The highest BCUT2D eigenvalue weighted by Gasteiger charge is 2.18. The van der Waals surface area contributed by atoms with E-state index in [1.165, 1.54) is 20.5 Å². The second-order valence-electron chi connectivity index (χ2n) is 9.42. The van der Waals surface area contributed by atoms with Gasteiger partial charge in [-0.25, -0.2) is 0 Å². The third kappa shape index (κ3) is 5.70. The van der Waals surface area contributed by atoms with Gasteiger partial charge in [-0.15, -0.1) is 11.3 Å². The van der Waals surface area contributed by atoms with E-state index >= 15 is 0 Å². The van der Waals surface area contributed by atoms with E-state index in [1.54, 1.807) is 0 Å². The number of nitrogens with one attached hydrogen (secondary N) is 1. The van der Waals surface area contributed by atoms with Crippen molar-refractivity contribution in [3.8, 4) is 0 Å². The number of hydrogen-bond donors (Lipinski definition) is 2. The lowest BCUT2D eigenvalue weighted by Gasteiger charge is -2.17. The number of thiophene rings is 1. The third-order valence-electron chi connectivity index (χ3n) is 7.05. The van der Waals surface area contributed by atoms with E-state index in [4.69, 9.17) is 15.1 Å². The van der Waals surface area contributed by atoms with Crippen LogP contribution in [0.4, 0.5) is 0 Å². The number of amidine groups is 1. The Morgan fingerprint density at radius 1 is 1.00 bits per heavy atom. The number of nitrogens with zero attached hydrogens (tertiary/aromatic N) is 1. The molecule has 0 amide bonds. The van der Waals surface area contributed by atoms with Crippen molar-refractivity contribution in [2.24, 2.45) is 10.7 Å². The number of nitrogens with two attached hydrogens (primary N) is 1. The Bertz CT molecular complexity index is 1650. The summed E-state index contributed by atoms with van der Waals surface area (Å²) in [5, 5.41) is 5.80. The highest BCUT2D eigenvalue weighted by atomic mass is 32.1. The molecular weight excluding hydrogens is 498 g/mol. The molecule has 5 aromatic rings. The van der Waals surface area contributed by atoms with Crippen molar-refractivity contribution in [2.45, 2.75) is 61.2 Å². The number of allylic oxidation sites excluding steroid dienone is 1. The molecule has 0 aliphatic rings. The molecule has 0 radical (unpaired) electrons. The van der Waals surface area contributed by atoms with E-state index < -0.39 is 0 Å². The minimum atomic E-state index is -0.332. The van der Waals surface area contributed by atoms with Crippen LogP contribution in [0.15, 0.2) is 82.2 Å². The first kappa shape index (κ1) is 28.3. The van der Waals surface area contributed by atoms with Gasteiger partial charge in [0.15, 0.2) is 0 Å². The van der Waals surface area contributed by atoms with Gasteiger partial charge in [-0.3, -0.25) is 4.99 Å². The second-order valence-corrected chi connectivity index (χ2v) is 10.7. The van der Waals surface area contributed by atoms with Crippen molar-refractivity contribution >= 4 is 43.8 Å². The zero-order valence-electron chi connectivity index (χ0n) is 24.1. The molecule has 0 aliphatic heterocycles. The molecule has 39 heavy (non-hydrogen) atoms. The van der Waals surface area contributed by atoms with E-state index in [1.807, 2.05) is 51.2 Å². The number of fused-ring (bicyclic) bond motifs is 2. The molecule has 3 aromatic carbocycles. The Labute approximate surface area is 236 Å². The smallest absolute Gasteiger partial charge is 0.134 e. The molecule has 0 saturated carbocycles. The Kier molecular flexibility index (Phi) is 9.05. The number of hydrogen-bond acceptors (Lipinski definition) is 4. The van der Waals surface area contributed by atoms with Crippen LogP contribution in [0, 0.1) is 20.8 Å². The van der Waals surface area contributed by atoms with Gasteiger partial charge in [0.2, 0.25) is 0 Å². The lowest BCUT2D eigenvalue weighted by atomic mass is 9.92. The normalized spacial score (nSPS) is 12.9. The molecule has 4 nitrogen and oxygen atoms in total. The van der Waals surface area contributed by atoms with Gasteiger partial charge in [0, 0.05) is 25.9 Å². The molecule has 0 aliphatic carbocycles. The number of para-hydroxylation sites is 1. The van der Waals surface area contributed by atoms with Crippen LogP contribution >= 0.6 is 11.3 Å². The second kappa shape index (κ2) is 12.5. The Balaban J connectivity index is 0.00000172. The maximum Gasteiger partial charge on any atom is 0.134 e. The van der Waals surface area contributed by atoms with Gasteiger partial charge in [-0.2, -0.15) is 0 Å². The summed E-state index contributed by atoms with van der Waals surface area (Å²) in [6.07, 6.45) is 1.83. The summed E-state index contributed by atoms with van der Waals surface area (Å²) >= 11 is 1.82. The molecule has 0 bridgehead atoms. The molecule has 2 heterocycles. The van der Waals surface area contributed by atoms with Gasteiger partial charge in [0.25, 0.3) is 0 Å². The SMILES string of the molecule is C/C=C(/c1ccccc1CN=C(C)NC(N)c1cccc2sc(C)c(C)c12)c1c(C)oc2ccccc12.CC. The molecule has 1 atom stereocenters. The molecule has 0 spiro atoms.